The van der Waals surface area contributed by atoms with Crippen molar-refractivity contribution in [2.75, 3.05) is 6.61 Å². The van der Waals surface area contributed by atoms with Crippen LogP contribution in [-0.2, 0) is 14.8 Å². The Kier molecular flexibility index (Phi) is 2.68. The van der Waals surface area contributed by atoms with Crippen molar-refractivity contribution in [3.05, 3.63) is 12.3 Å². The van der Waals surface area contributed by atoms with Gasteiger partial charge in [0.1, 0.15) is 0 Å². The molecule has 2 heterocycles. The maximum atomic E-state index is 12.0. The number of nitrogens with zero attached hydrogens (tertiary/aromatic N) is 1. The minimum absolute atomic E-state index is 0.0488. The third kappa shape index (κ3) is 2.22. The van der Waals surface area contributed by atoms with Crippen molar-refractivity contribution in [3.8, 4) is 0 Å². The number of rotatable bonds is 4. The van der Waals surface area contributed by atoms with Gasteiger partial charge in [-0.1, -0.05) is 0 Å². The average molecular weight is 257 g/mol. The van der Waals surface area contributed by atoms with Gasteiger partial charge in [0.25, 0.3) is 10.0 Å². The highest BCUT2D eigenvalue weighted by Crippen LogP contribution is 2.39. The third-order valence-electron chi connectivity index (χ3n) is 3.29. The summed E-state index contributed by atoms with van der Waals surface area (Å²) in [5, 5.41) is 6.23. The first-order valence-corrected chi connectivity index (χ1v) is 7.28. The lowest BCUT2D eigenvalue weighted by atomic mass is 10.1. The van der Waals surface area contributed by atoms with Crippen molar-refractivity contribution in [2.45, 2.75) is 36.4 Å². The molecule has 2 unspecified atom stereocenters. The summed E-state index contributed by atoms with van der Waals surface area (Å²) in [5.41, 5.74) is 0. The fourth-order valence-corrected chi connectivity index (χ4v) is 3.47. The Morgan fingerprint density at radius 3 is 2.88 bits per heavy atom. The quantitative estimate of drug-likeness (QED) is 0.810. The molecule has 0 aromatic carbocycles. The number of aromatic amines is 1. The van der Waals surface area contributed by atoms with E-state index in [2.05, 4.69) is 14.9 Å². The Balaban J connectivity index is 1.74. The molecular weight excluding hydrogens is 242 g/mol. The molecule has 1 saturated carbocycles. The molecule has 17 heavy (non-hydrogen) atoms. The number of nitrogens with one attached hydrogen (secondary N) is 2. The van der Waals surface area contributed by atoms with E-state index in [1.807, 2.05) is 0 Å². The molecule has 1 saturated heterocycles. The molecule has 0 radical (unpaired) electrons. The molecule has 0 amide bonds. The summed E-state index contributed by atoms with van der Waals surface area (Å²) in [6, 6.07) is 1.35. The summed E-state index contributed by atoms with van der Waals surface area (Å²) in [6.07, 6.45) is 4.51. The summed E-state index contributed by atoms with van der Waals surface area (Å²) in [6.45, 7) is 0.636. The van der Waals surface area contributed by atoms with Crippen molar-refractivity contribution in [1.82, 2.24) is 14.9 Å². The molecule has 2 atom stereocenters. The minimum atomic E-state index is -3.49. The molecule has 2 aliphatic rings. The first-order valence-electron chi connectivity index (χ1n) is 5.80. The summed E-state index contributed by atoms with van der Waals surface area (Å²) in [4.78, 5) is 0. The molecule has 2 fully saturated rings. The molecule has 6 nitrogen and oxygen atoms in total. The fraction of sp³-hybridized carbons (Fsp3) is 0.700. The number of hydrogen-bond acceptors (Lipinski definition) is 4. The summed E-state index contributed by atoms with van der Waals surface area (Å²) in [7, 11) is -3.49. The van der Waals surface area contributed by atoms with Crippen LogP contribution in [0.25, 0.3) is 0 Å². The van der Waals surface area contributed by atoms with Crippen LogP contribution in [0, 0.1) is 5.92 Å². The lowest BCUT2D eigenvalue weighted by Gasteiger charge is -2.18. The molecule has 1 aromatic rings. The number of H-pyrrole nitrogens is 1. The summed E-state index contributed by atoms with van der Waals surface area (Å²) >= 11 is 0. The van der Waals surface area contributed by atoms with E-state index in [-0.39, 0.29) is 17.2 Å². The smallest absolute Gasteiger partial charge is 0.257 e. The molecule has 1 aliphatic carbocycles. The van der Waals surface area contributed by atoms with Gasteiger partial charge in [0.05, 0.1) is 18.3 Å². The van der Waals surface area contributed by atoms with E-state index in [9.17, 15) is 8.42 Å². The van der Waals surface area contributed by atoms with E-state index < -0.39 is 10.0 Å². The van der Waals surface area contributed by atoms with Crippen molar-refractivity contribution in [2.24, 2.45) is 5.92 Å². The van der Waals surface area contributed by atoms with Gasteiger partial charge < -0.3 is 4.74 Å². The Hall–Kier alpha value is -0.920. The van der Waals surface area contributed by atoms with Gasteiger partial charge in [-0.15, -0.1) is 0 Å². The monoisotopic (exact) mass is 257 g/mol. The second-order valence-electron chi connectivity index (χ2n) is 4.61. The number of ether oxygens (including phenoxy) is 1. The maximum Gasteiger partial charge on any atom is 0.257 e. The highest BCUT2D eigenvalue weighted by Gasteiger charge is 2.42. The van der Waals surface area contributed by atoms with Crippen LogP contribution in [0.5, 0.6) is 0 Å². The topological polar surface area (TPSA) is 84.1 Å². The van der Waals surface area contributed by atoms with Gasteiger partial charge in [-0.25, -0.2) is 13.1 Å². The maximum absolute atomic E-state index is 12.0. The van der Waals surface area contributed by atoms with Crippen molar-refractivity contribution < 1.29 is 13.2 Å². The van der Waals surface area contributed by atoms with Crippen molar-refractivity contribution in [3.63, 3.8) is 0 Å². The van der Waals surface area contributed by atoms with Crippen molar-refractivity contribution in [1.29, 1.82) is 0 Å². The van der Waals surface area contributed by atoms with Gasteiger partial charge in [0.2, 0.25) is 0 Å². The van der Waals surface area contributed by atoms with Gasteiger partial charge in [0, 0.05) is 6.61 Å². The van der Waals surface area contributed by atoms with E-state index in [4.69, 9.17) is 4.74 Å². The van der Waals surface area contributed by atoms with Crippen LogP contribution in [0.1, 0.15) is 19.3 Å². The van der Waals surface area contributed by atoms with Gasteiger partial charge >= 0.3 is 0 Å². The number of sulfonamides is 1. The van der Waals surface area contributed by atoms with Gasteiger partial charge in [-0.3, -0.25) is 5.10 Å². The van der Waals surface area contributed by atoms with E-state index >= 15 is 0 Å². The van der Waals surface area contributed by atoms with Crippen LogP contribution in [-0.4, -0.2) is 37.4 Å². The number of hydrogen-bond donors (Lipinski definition) is 2. The zero-order valence-corrected chi connectivity index (χ0v) is 10.1. The van der Waals surface area contributed by atoms with E-state index in [0.717, 1.165) is 19.3 Å². The molecule has 1 aromatic heterocycles. The zero-order chi connectivity index (χ0) is 11.9. The molecular formula is C10H15N3O3S. The van der Waals surface area contributed by atoms with Gasteiger partial charge in [-0.2, -0.15) is 5.10 Å². The summed E-state index contributed by atoms with van der Waals surface area (Å²) < 4.78 is 32.3. The Morgan fingerprint density at radius 2 is 2.24 bits per heavy atom. The molecule has 0 spiro atoms. The molecule has 0 bridgehead atoms. The Morgan fingerprint density at radius 1 is 1.41 bits per heavy atom. The second kappa shape index (κ2) is 4.08. The Bertz CT molecular complexity index is 481. The largest absolute Gasteiger partial charge is 0.376 e. The van der Waals surface area contributed by atoms with Crippen LogP contribution in [0.2, 0.25) is 0 Å². The van der Waals surface area contributed by atoms with E-state index in [0.29, 0.717) is 12.5 Å². The minimum Gasteiger partial charge on any atom is -0.376 e. The predicted octanol–water partition coefficient (Wildman–Crippen LogP) is 0.255. The highest BCUT2D eigenvalue weighted by atomic mass is 32.2. The fourth-order valence-electron chi connectivity index (χ4n) is 2.28. The molecule has 2 N–H and O–H groups in total. The number of aromatic nitrogens is 2. The molecule has 94 valence electrons. The van der Waals surface area contributed by atoms with Gasteiger partial charge in [-0.05, 0) is 31.2 Å². The van der Waals surface area contributed by atoms with Crippen LogP contribution in [0.15, 0.2) is 17.3 Å². The van der Waals surface area contributed by atoms with Crippen LogP contribution < -0.4 is 4.72 Å². The molecule has 3 rings (SSSR count). The lowest BCUT2D eigenvalue weighted by Crippen LogP contribution is -2.41. The first-order chi connectivity index (χ1) is 8.17. The Labute approximate surface area is 99.8 Å². The lowest BCUT2D eigenvalue weighted by molar-refractivity contribution is 0.0848. The SMILES string of the molecule is O=S(=O)(NC1CCOC1C1CC1)c1ccn[nH]1. The van der Waals surface area contributed by atoms with E-state index in [1.165, 1.54) is 12.3 Å². The normalized spacial score (nSPS) is 29.6. The first kappa shape index (κ1) is 11.2. The van der Waals surface area contributed by atoms with Crippen LogP contribution >= 0.6 is 0 Å². The van der Waals surface area contributed by atoms with Crippen LogP contribution in [0.3, 0.4) is 0 Å². The molecule has 7 heteroatoms. The van der Waals surface area contributed by atoms with Crippen molar-refractivity contribution >= 4 is 10.0 Å². The van der Waals surface area contributed by atoms with Crippen LogP contribution in [0.4, 0.5) is 0 Å². The average Bonchev–Trinajstić information content (AvgIpc) is 2.82. The highest BCUT2D eigenvalue weighted by molar-refractivity contribution is 7.89. The van der Waals surface area contributed by atoms with E-state index in [1.54, 1.807) is 0 Å². The summed E-state index contributed by atoms with van der Waals surface area (Å²) in [5.74, 6) is 0.534. The second-order valence-corrected chi connectivity index (χ2v) is 6.29. The predicted molar refractivity (Wildman–Crippen MR) is 59.8 cm³/mol. The standard InChI is InChI=1S/C10H15N3O3S/c14-17(15,9-3-5-11-12-9)13-8-4-6-16-10(8)7-1-2-7/h3,5,7-8,10,13H,1-2,4,6H2,(H,11,12). The third-order valence-corrected chi connectivity index (χ3v) is 4.71. The zero-order valence-electron chi connectivity index (χ0n) is 9.30. The van der Waals surface area contributed by atoms with Gasteiger partial charge in [0.15, 0.2) is 5.03 Å². The molecule has 1 aliphatic heterocycles.